The van der Waals surface area contributed by atoms with E-state index in [0.29, 0.717) is 28.7 Å². The van der Waals surface area contributed by atoms with E-state index in [1.165, 1.54) is 26.5 Å². The molecule has 362 valence electrons. The maximum atomic E-state index is 12.4. The van der Waals surface area contributed by atoms with E-state index in [1.54, 1.807) is 23.0 Å². The van der Waals surface area contributed by atoms with Gasteiger partial charge in [0.05, 0.1) is 64.5 Å². The highest BCUT2D eigenvalue weighted by Gasteiger charge is 2.48. The zero-order valence-electron chi connectivity index (χ0n) is 34.4. The van der Waals surface area contributed by atoms with Crippen LogP contribution in [0, 0.1) is 0 Å². The van der Waals surface area contributed by atoms with Crippen LogP contribution in [0.3, 0.4) is 0 Å². The second-order valence-corrected chi connectivity index (χ2v) is 19.3. The number of nitrogens with two attached hydrogens (primary N) is 2. The van der Waals surface area contributed by atoms with Crippen LogP contribution in [0.2, 0.25) is 10.6 Å². The first-order valence-electron chi connectivity index (χ1n) is 18.9. The molecule has 2 aliphatic rings. The molecule has 0 aliphatic carbocycles. The number of nitrogen functional groups attached to an aromatic ring is 2. The van der Waals surface area contributed by atoms with Crippen molar-refractivity contribution in [2.45, 2.75) is 82.9 Å². The van der Waals surface area contributed by atoms with Gasteiger partial charge in [0.1, 0.15) is 42.0 Å². The maximum Gasteiger partial charge on any atom is 0.523 e. The molecule has 0 spiro atoms. The van der Waals surface area contributed by atoms with Crippen LogP contribution >= 0.6 is 38.4 Å². The number of ether oxygens (including phenoxy) is 3. The van der Waals surface area contributed by atoms with Crippen molar-refractivity contribution < 1.29 is 82.5 Å². The lowest BCUT2D eigenvalue weighted by atomic mass is 10.2. The SMILES string of the molecule is CCOP(=O)(COC[C@H]1O[C@@H](n2cnc3c(N)nc(Cl)nc32)C[C@@H]1O)OCC.CCOP(=O)(COS(=O)(=O)C(F)(F)F)OCC.Nc1nc(Cl)nc2c1ncn2[C@H]1C[C@H](O)[C@@H](CO)O1. The second-order valence-electron chi connectivity index (χ2n) is 13.0. The van der Waals surface area contributed by atoms with E-state index < -0.39 is 74.0 Å². The first-order valence-corrected chi connectivity index (χ1v) is 24.5. The molecule has 33 heteroatoms. The van der Waals surface area contributed by atoms with Crippen molar-refractivity contribution >= 4 is 82.5 Å². The molecule has 6 rings (SSSR count). The van der Waals surface area contributed by atoms with Crippen molar-refractivity contribution in [3.63, 3.8) is 0 Å². The van der Waals surface area contributed by atoms with Crippen molar-refractivity contribution in [2.75, 3.05) is 63.8 Å². The Balaban J connectivity index is 0.000000220. The molecule has 0 saturated carbocycles. The minimum Gasteiger partial charge on any atom is -0.394 e. The van der Waals surface area contributed by atoms with Gasteiger partial charge in [-0.1, -0.05) is 0 Å². The molecular weight excluding hydrogens is 974 g/mol. The molecule has 2 saturated heterocycles. The number of aromatic nitrogens is 8. The summed E-state index contributed by atoms with van der Waals surface area (Å²) in [5.74, 6) is 0.348. The third-order valence-electron chi connectivity index (χ3n) is 8.54. The predicted octanol–water partition coefficient (Wildman–Crippen LogP) is 3.73. The Labute approximate surface area is 373 Å². The van der Waals surface area contributed by atoms with Crippen molar-refractivity contribution in [3.8, 4) is 0 Å². The lowest BCUT2D eigenvalue weighted by Gasteiger charge is -2.19. The molecular formula is C31H47Cl2F3N10O15P2S. The number of hydrogen-bond donors (Lipinski definition) is 5. The number of aliphatic hydroxyl groups excluding tert-OH is 3. The van der Waals surface area contributed by atoms with Gasteiger partial charge >= 0.3 is 30.8 Å². The molecule has 4 aromatic rings. The minimum absolute atomic E-state index is 0.00669. The molecule has 6 heterocycles. The fourth-order valence-electron chi connectivity index (χ4n) is 5.82. The highest BCUT2D eigenvalue weighted by molar-refractivity contribution is 7.87. The summed E-state index contributed by atoms with van der Waals surface area (Å²) in [6, 6.07) is 0. The molecule has 0 radical (unpaired) electrons. The van der Waals surface area contributed by atoms with E-state index in [-0.39, 0.29) is 74.6 Å². The average molecular weight is 1020 g/mol. The first kappa shape index (κ1) is 53.7. The topological polar surface area (TPSA) is 342 Å². The molecule has 0 amide bonds. The van der Waals surface area contributed by atoms with Crippen molar-refractivity contribution in [1.82, 2.24) is 39.0 Å². The number of imidazole rings is 2. The molecule has 64 heavy (non-hydrogen) atoms. The Morgan fingerprint density at radius 1 is 0.766 bits per heavy atom. The normalized spacial score (nSPS) is 21.8. The largest absolute Gasteiger partial charge is 0.523 e. The molecule has 7 N–H and O–H groups in total. The highest BCUT2D eigenvalue weighted by atomic mass is 35.5. The number of hydrogen-bond acceptors (Lipinski definition) is 23. The number of aliphatic hydroxyl groups is 3. The summed E-state index contributed by atoms with van der Waals surface area (Å²) in [6.07, 6.45) is -1.69. The summed E-state index contributed by atoms with van der Waals surface area (Å²) in [7, 11) is -13.1. The maximum absolute atomic E-state index is 12.4. The summed E-state index contributed by atoms with van der Waals surface area (Å²) < 4.78 is 124. The summed E-state index contributed by atoms with van der Waals surface area (Å²) in [5, 5.41) is 29.1. The van der Waals surface area contributed by atoms with Gasteiger partial charge in [0.2, 0.25) is 10.6 Å². The number of fused-ring (bicyclic) bond motifs is 2. The summed E-state index contributed by atoms with van der Waals surface area (Å²) in [5.41, 5.74) is 7.62. The van der Waals surface area contributed by atoms with E-state index in [9.17, 15) is 40.9 Å². The van der Waals surface area contributed by atoms with E-state index in [0.717, 1.165) is 0 Å². The van der Waals surface area contributed by atoms with Crippen molar-refractivity contribution in [3.05, 3.63) is 23.2 Å². The van der Waals surface area contributed by atoms with Gasteiger partial charge in [-0.25, -0.2) is 9.97 Å². The number of nitrogens with zero attached hydrogens (tertiary/aromatic N) is 8. The molecule has 25 nitrogen and oxygen atoms in total. The van der Waals surface area contributed by atoms with E-state index in [1.807, 2.05) is 0 Å². The zero-order chi connectivity index (χ0) is 47.6. The van der Waals surface area contributed by atoms with E-state index in [2.05, 4.69) is 43.1 Å². The van der Waals surface area contributed by atoms with Crippen LogP contribution in [0.15, 0.2) is 12.7 Å². The smallest absolute Gasteiger partial charge is 0.394 e. The Kier molecular flexibility index (Phi) is 19.4. The van der Waals surface area contributed by atoms with Crippen LogP contribution in [0.4, 0.5) is 24.8 Å². The lowest BCUT2D eigenvalue weighted by molar-refractivity contribution is -0.0570. The number of anilines is 2. The van der Waals surface area contributed by atoms with Crippen LogP contribution in [-0.4, -0.2) is 145 Å². The molecule has 6 atom stereocenters. The first-order chi connectivity index (χ1) is 30.0. The van der Waals surface area contributed by atoms with Gasteiger partial charge in [-0.05, 0) is 50.9 Å². The summed E-state index contributed by atoms with van der Waals surface area (Å²) in [6.45, 7) is 6.30. The Morgan fingerprint density at radius 3 is 1.56 bits per heavy atom. The van der Waals surface area contributed by atoms with Gasteiger partial charge in [-0.3, -0.25) is 22.4 Å². The number of alkyl halides is 3. The van der Waals surface area contributed by atoms with Crippen LogP contribution < -0.4 is 11.5 Å². The predicted molar refractivity (Wildman–Crippen MR) is 219 cm³/mol. The average Bonchev–Trinajstić information content (AvgIpc) is 4.00. The second kappa shape index (κ2) is 23.2. The van der Waals surface area contributed by atoms with Gasteiger partial charge in [0.15, 0.2) is 29.3 Å². The van der Waals surface area contributed by atoms with Crippen LogP contribution in [0.5, 0.6) is 0 Å². The monoisotopic (exact) mass is 1020 g/mol. The van der Waals surface area contributed by atoms with Gasteiger partial charge in [0.25, 0.3) is 0 Å². The summed E-state index contributed by atoms with van der Waals surface area (Å²) >= 11 is 11.6. The Hall–Kier alpha value is -2.96. The van der Waals surface area contributed by atoms with Crippen molar-refractivity contribution in [2.24, 2.45) is 0 Å². The Bertz CT molecular complexity index is 2350. The highest BCUT2D eigenvalue weighted by Crippen LogP contribution is 2.49. The fourth-order valence-corrected chi connectivity index (χ4v) is 9.72. The standard InChI is InChI=1S/C15H23ClN5O6P.C10H12ClN5O3.C6H12F3O6PS/c1-3-25-28(23,26-4-2)8-24-6-10-9(22)5-11(27-10)21-7-18-12-13(17)19-15(16)20-14(12)21;11-10-14-8(12)7-9(15-10)16(3-13-7)6-1-4(18)5(2-17)19-6;1-3-13-16(10,14-4-2)5-15-17(11,12)6(7,8)9/h7,9-11,22H,3-6,8H2,1-2H3,(H2,17,19,20);3-6,17-18H,1-2H2,(H2,12,14,15);3-5H2,1-2H3/t9-,10+,11+;4-,5+,6+;/m00./s1. The van der Waals surface area contributed by atoms with Gasteiger partial charge in [-0.15, -0.1) is 0 Å². The fraction of sp³-hybridized carbons (Fsp3) is 0.677. The van der Waals surface area contributed by atoms with Gasteiger partial charge < -0.3 is 59.1 Å². The molecule has 0 unspecified atom stereocenters. The van der Waals surface area contributed by atoms with Gasteiger partial charge in [0, 0.05) is 12.8 Å². The van der Waals surface area contributed by atoms with Crippen molar-refractivity contribution in [1.29, 1.82) is 0 Å². The number of halogens is 5. The third-order valence-corrected chi connectivity index (χ3v) is 13.6. The quantitative estimate of drug-likeness (QED) is 0.0410. The zero-order valence-corrected chi connectivity index (χ0v) is 38.5. The molecule has 4 aromatic heterocycles. The van der Waals surface area contributed by atoms with Gasteiger partial charge in [-0.2, -0.15) is 41.5 Å². The number of rotatable bonds is 18. The summed E-state index contributed by atoms with van der Waals surface area (Å²) in [4.78, 5) is 24.2. The minimum atomic E-state index is -5.80. The van der Waals surface area contributed by atoms with Crippen LogP contribution in [-0.2, 0) is 55.7 Å². The third kappa shape index (κ3) is 13.8. The van der Waals surface area contributed by atoms with E-state index >= 15 is 0 Å². The molecule has 0 aromatic carbocycles. The van der Waals surface area contributed by atoms with Crippen LogP contribution in [0.1, 0.15) is 53.0 Å². The molecule has 0 bridgehead atoms. The van der Waals surface area contributed by atoms with E-state index in [4.69, 9.17) is 63.0 Å². The lowest BCUT2D eigenvalue weighted by Crippen LogP contribution is -2.26. The Morgan fingerprint density at radius 2 is 1.17 bits per heavy atom. The molecule has 2 aliphatic heterocycles. The molecule has 2 fully saturated rings. The van der Waals surface area contributed by atoms with Crippen LogP contribution in [0.25, 0.3) is 22.3 Å².